The summed E-state index contributed by atoms with van der Waals surface area (Å²) < 4.78 is 26.8. The molecule has 1 aliphatic heterocycles. The molecule has 16 heavy (non-hydrogen) atoms. The number of carbonyl (C=O) groups excluding carboxylic acids is 1. The predicted octanol–water partition coefficient (Wildman–Crippen LogP) is 2.77. The minimum absolute atomic E-state index is 0.136. The first-order valence-corrected chi connectivity index (χ1v) is 5.98. The fraction of sp³-hybridized carbons (Fsp3) is 0.364. The molecule has 2 rings (SSSR count). The molecule has 0 spiro atoms. The van der Waals surface area contributed by atoms with Gasteiger partial charge in [-0.2, -0.15) is 0 Å². The first-order valence-electron chi connectivity index (χ1n) is 4.91. The summed E-state index contributed by atoms with van der Waals surface area (Å²) in [5.74, 6) is -3.03. The van der Waals surface area contributed by atoms with Gasteiger partial charge in [-0.25, -0.2) is 8.78 Å². The number of hydrogen-bond acceptors (Lipinski definition) is 1. The van der Waals surface area contributed by atoms with E-state index in [0.29, 0.717) is 5.56 Å². The third kappa shape index (κ3) is 2.50. The van der Waals surface area contributed by atoms with Crippen LogP contribution in [0.1, 0.15) is 16.8 Å². The highest BCUT2D eigenvalue weighted by Crippen LogP contribution is 2.27. The van der Waals surface area contributed by atoms with Crippen LogP contribution in [0, 0.1) is 3.57 Å². The van der Waals surface area contributed by atoms with Crippen LogP contribution in [0.4, 0.5) is 8.78 Å². The number of hydrogen-bond donors (Lipinski definition) is 0. The van der Waals surface area contributed by atoms with E-state index in [1.54, 1.807) is 18.2 Å². The quantitative estimate of drug-likeness (QED) is 0.722. The average Bonchev–Trinajstić information content (AvgIpc) is 2.58. The van der Waals surface area contributed by atoms with Crippen molar-refractivity contribution in [3.8, 4) is 0 Å². The lowest BCUT2D eigenvalue weighted by Gasteiger charge is -2.16. The number of alkyl halides is 2. The zero-order valence-electron chi connectivity index (χ0n) is 8.42. The van der Waals surface area contributed by atoms with Crippen molar-refractivity contribution in [2.45, 2.75) is 12.3 Å². The lowest BCUT2D eigenvalue weighted by Crippen LogP contribution is -2.31. The highest BCUT2D eigenvalue weighted by Gasteiger charge is 2.40. The number of nitrogens with zero attached hydrogens (tertiary/aromatic N) is 1. The zero-order valence-corrected chi connectivity index (χ0v) is 10.6. The molecule has 0 saturated carbocycles. The molecule has 1 aromatic carbocycles. The maximum absolute atomic E-state index is 13.0. The van der Waals surface area contributed by atoms with Crippen LogP contribution in [-0.4, -0.2) is 29.8 Å². The van der Waals surface area contributed by atoms with E-state index in [0.717, 1.165) is 3.57 Å². The molecule has 5 heteroatoms. The Morgan fingerprint density at radius 1 is 1.44 bits per heavy atom. The smallest absolute Gasteiger partial charge is 0.267 e. The highest BCUT2D eigenvalue weighted by atomic mass is 127. The van der Waals surface area contributed by atoms with Crippen LogP contribution in [-0.2, 0) is 0 Å². The summed E-state index contributed by atoms with van der Waals surface area (Å²) in [7, 11) is 0. The summed E-state index contributed by atoms with van der Waals surface area (Å²) >= 11 is 2.09. The molecule has 86 valence electrons. The lowest BCUT2D eigenvalue weighted by molar-refractivity contribution is 0.0120. The maximum Gasteiger partial charge on any atom is 0.267 e. The first-order chi connectivity index (χ1) is 7.48. The van der Waals surface area contributed by atoms with Crippen molar-refractivity contribution in [3.63, 3.8) is 0 Å². The molecule has 0 unspecified atom stereocenters. The summed E-state index contributed by atoms with van der Waals surface area (Å²) in [5, 5.41) is 0. The lowest BCUT2D eigenvalue weighted by atomic mass is 10.2. The Morgan fingerprint density at radius 3 is 2.75 bits per heavy atom. The Hall–Kier alpha value is -0.720. The van der Waals surface area contributed by atoms with E-state index in [1.807, 2.05) is 6.07 Å². The molecule has 0 radical (unpaired) electrons. The van der Waals surface area contributed by atoms with Crippen LogP contribution in [0.15, 0.2) is 24.3 Å². The summed E-state index contributed by atoms with van der Waals surface area (Å²) in [6, 6.07) is 6.97. The average molecular weight is 337 g/mol. The maximum atomic E-state index is 13.0. The van der Waals surface area contributed by atoms with Gasteiger partial charge in [-0.3, -0.25) is 4.79 Å². The molecule has 0 aliphatic carbocycles. The molecule has 1 heterocycles. The molecule has 1 saturated heterocycles. The molecule has 1 aromatic rings. The second-order valence-corrected chi connectivity index (χ2v) is 5.09. The van der Waals surface area contributed by atoms with Crippen molar-refractivity contribution in [1.82, 2.24) is 4.90 Å². The molecule has 0 atom stereocenters. The largest absolute Gasteiger partial charge is 0.332 e. The normalized spacial score (nSPS) is 18.8. The number of benzene rings is 1. The van der Waals surface area contributed by atoms with Gasteiger partial charge < -0.3 is 4.90 Å². The van der Waals surface area contributed by atoms with Gasteiger partial charge in [-0.1, -0.05) is 6.07 Å². The second-order valence-electron chi connectivity index (χ2n) is 3.84. The molecule has 0 aromatic heterocycles. The second kappa shape index (κ2) is 4.27. The zero-order chi connectivity index (χ0) is 11.8. The standard InChI is InChI=1S/C11H10F2INO/c12-11(13)4-5-15(7-11)10(16)8-2-1-3-9(14)6-8/h1-3,6H,4-5,7H2. The van der Waals surface area contributed by atoms with E-state index >= 15 is 0 Å². The van der Waals surface area contributed by atoms with E-state index in [-0.39, 0.29) is 18.9 Å². The topological polar surface area (TPSA) is 20.3 Å². The third-order valence-electron chi connectivity index (χ3n) is 2.53. The Morgan fingerprint density at radius 2 is 2.19 bits per heavy atom. The Bertz CT molecular complexity index is 422. The molecule has 1 fully saturated rings. The molecular formula is C11H10F2INO. The van der Waals surface area contributed by atoms with E-state index in [2.05, 4.69) is 22.6 Å². The minimum atomic E-state index is -2.72. The van der Waals surface area contributed by atoms with E-state index in [4.69, 9.17) is 0 Å². The Balaban J connectivity index is 2.15. The molecule has 2 nitrogen and oxygen atoms in total. The van der Waals surface area contributed by atoms with Crippen LogP contribution in [0.5, 0.6) is 0 Å². The van der Waals surface area contributed by atoms with Gasteiger partial charge >= 0.3 is 0 Å². The van der Waals surface area contributed by atoms with Crippen molar-refractivity contribution in [2.75, 3.05) is 13.1 Å². The molecule has 0 N–H and O–H groups in total. The van der Waals surface area contributed by atoms with Crippen LogP contribution in [0.2, 0.25) is 0 Å². The number of halogens is 3. The monoisotopic (exact) mass is 337 g/mol. The van der Waals surface area contributed by atoms with Crippen molar-refractivity contribution < 1.29 is 13.6 Å². The van der Waals surface area contributed by atoms with E-state index < -0.39 is 12.5 Å². The van der Waals surface area contributed by atoms with E-state index in [1.165, 1.54) is 4.90 Å². The molecule has 1 amide bonds. The van der Waals surface area contributed by atoms with Gasteiger partial charge in [-0.05, 0) is 40.8 Å². The first kappa shape index (κ1) is 11.8. The third-order valence-corrected chi connectivity index (χ3v) is 3.20. The number of likely N-dealkylation sites (tertiary alicyclic amines) is 1. The van der Waals surface area contributed by atoms with Crippen LogP contribution >= 0.6 is 22.6 Å². The molecule has 1 aliphatic rings. The van der Waals surface area contributed by atoms with Gasteiger partial charge in [0.25, 0.3) is 11.8 Å². The van der Waals surface area contributed by atoms with Gasteiger partial charge in [0, 0.05) is 22.1 Å². The van der Waals surface area contributed by atoms with Gasteiger partial charge in [0.15, 0.2) is 0 Å². The van der Waals surface area contributed by atoms with Crippen LogP contribution in [0.25, 0.3) is 0 Å². The van der Waals surface area contributed by atoms with Crippen molar-refractivity contribution in [2.24, 2.45) is 0 Å². The van der Waals surface area contributed by atoms with Crippen molar-refractivity contribution >= 4 is 28.5 Å². The minimum Gasteiger partial charge on any atom is -0.332 e. The fourth-order valence-corrected chi connectivity index (χ4v) is 2.26. The van der Waals surface area contributed by atoms with E-state index in [9.17, 15) is 13.6 Å². The molecular weight excluding hydrogens is 327 g/mol. The van der Waals surface area contributed by atoms with Gasteiger partial charge in [0.2, 0.25) is 0 Å². The van der Waals surface area contributed by atoms with Crippen LogP contribution in [0.3, 0.4) is 0 Å². The fourth-order valence-electron chi connectivity index (χ4n) is 1.71. The van der Waals surface area contributed by atoms with Gasteiger partial charge in [0.05, 0.1) is 6.54 Å². The Labute approximate surface area is 106 Å². The SMILES string of the molecule is O=C(c1cccc(I)c1)N1CCC(F)(F)C1. The summed E-state index contributed by atoms with van der Waals surface area (Å²) in [5.41, 5.74) is 0.476. The van der Waals surface area contributed by atoms with Crippen molar-refractivity contribution in [3.05, 3.63) is 33.4 Å². The number of carbonyl (C=O) groups is 1. The van der Waals surface area contributed by atoms with Crippen LogP contribution < -0.4 is 0 Å². The van der Waals surface area contributed by atoms with Gasteiger partial charge in [-0.15, -0.1) is 0 Å². The van der Waals surface area contributed by atoms with Crippen molar-refractivity contribution in [1.29, 1.82) is 0 Å². The number of rotatable bonds is 1. The predicted molar refractivity (Wildman–Crippen MR) is 64.6 cm³/mol. The van der Waals surface area contributed by atoms with Gasteiger partial charge in [0.1, 0.15) is 0 Å². The summed E-state index contributed by atoms with van der Waals surface area (Å²) in [6.07, 6.45) is -0.233. The highest BCUT2D eigenvalue weighted by molar-refractivity contribution is 14.1. The Kier molecular flexibility index (Phi) is 3.14. The molecule has 0 bridgehead atoms. The number of amides is 1. The summed E-state index contributed by atoms with van der Waals surface area (Å²) in [6.45, 7) is -0.325. The summed E-state index contributed by atoms with van der Waals surface area (Å²) in [4.78, 5) is 13.1.